The minimum Gasteiger partial charge on any atom is -0.399 e. The van der Waals surface area contributed by atoms with Crippen LogP contribution in [0.5, 0.6) is 0 Å². The Bertz CT molecular complexity index is 588. The van der Waals surface area contributed by atoms with Gasteiger partial charge in [0, 0.05) is 31.1 Å². The van der Waals surface area contributed by atoms with E-state index in [1.54, 1.807) is 9.58 Å². The number of hydrogen-bond acceptors (Lipinski definition) is 3. The number of nitrogens with two attached hydrogens (primary N) is 1. The normalized spacial score (nSPS) is 10.8. The first-order valence-corrected chi connectivity index (χ1v) is 6.11. The molecule has 1 heterocycles. The summed E-state index contributed by atoms with van der Waals surface area (Å²) in [6.45, 7) is 4.42. The van der Waals surface area contributed by atoms with Crippen LogP contribution in [0.25, 0.3) is 10.9 Å². The van der Waals surface area contributed by atoms with Crippen molar-refractivity contribution in [1.29, 1.82) is 0 Å². The van der Waals surface area contributed by atoms with Crippen LogP contribution in [0.2, 0.25) is 0 Å². The Labute approximate surface area is 106 Å². The highest BCUT2D eigenvalue weighted by molar-refractivity contribution is 6.02. The van der Waals surface area contributed by atoms with Crippen LogP contribution >= 0.6 is 0 Å². The lowest BCUT2D eigenvalue weighted by Crippen LogP contribution is -2.30. The standard InChI is InChI=1S/C13H18N4O/c1-4-12(18)17(5-2)13-10-7-6-9(14)8-11(10)16(3)15-13/h6-8H,4-5,14H2,1-3H3. The van der Waals surface area contributed by atoms with Crippen molar-refractivity contribution in [2.24, 2.45) is 7.05 Å². The van der Waals surface area contributed by atoms with E-state index < -0.39 is 0 Å². The first-order chi connectivity index (χ1) is 8.58. The number of fused-ring (bicyclic) bond motifs is 1. The average molecular weight is 246 g/mol. The van der Waals surface area contributed by atoms with E-state index in [9.17, 15) is 4.79 Å². The Morgan fingerprint density at radius 2 is 2.17 bits per heavy atom. The summed E-state index contributed by atoms with van der Waals surface area (Å²) < 4.78 is 1.76. The van der Waals surface area contributed by atoms with Crippen LogP contribution in [-0.2, 0) is 11.8 Å². The van der Waals surface area contributed by atoms with Gasteiger partial charge in [0.25, 0.3) is 0 Å². The summed E-state index contributed by atoms with van der Waals surface area (Å²) in [6, 6.07) is 5.62. The molecule has 2 rings (SSSR count). The van der Waals surface area contributed by atoms with Crippen LogP contribution in [0.15, 0.2) is 18.2 Å². The second-order valence-corrected chi connectivity index (χ2v) is 4.22. The van der Waals surface area contributed by atoms with Crippen LogP contribution in [0, 0.1) is 0 Å². The maximum absolute atomic E-state index is 11.9. The van der Waals surface area contributed by atoms with Gasteiger partial charge in [0.05, 0.1) is 5.52 Å². The highest BCUT2D eigenvalue weighted by Gasteiger charge is 2.18. The fourth-order valence-electron chi connectivity index (χ4n) is 2.09. The number of aromatic nitrogens is 2. The van der Waals surface area contributed by atoms with Crippen LogP contribution in [0.3, 0.4) is 0 Å². The molecule has 0 aliphatic carbocycles. The van der Waals surface area contributed by atoms with Gasteiger partial charge in [-0.25, -0.2) is 0 Å². The first-order valence-electron chi connectivity index (χ1n) is 6.11. The Morgan fingerprint density at radius 3 is 2.78 bits per heavy atom. The molecule has 0 radical (unpaired) electrons. The molecule has 0 fully saturated rings. The molecule has 2 N–H and O–H groups in total. The maximum Gasteiger partial charge on any atom is 0.227 e. The van der Waals surface area contributed by atoms with Crippen LogP contribution in [0.4, 0.5) is 11.5 Å². The Kier molecular flexibility index (Phi) is 3.23. The van der Waals surface area contributed by atoms with E-state index in [2.05, 4.69) is 5.10 Å². The molecule has 5 heteroatoms. The fourth-order valence-corrected chi connectivity index (χ4v) is 2.09. The number of anilines is 2. The van der Waals surface area contributed by atoms with Gasteiger partial charge in [-0.2, -0.15) is 5.10 Å². The predicted molar refractivity (Wildman–Crippen MR) is 73.4 cm³/mol. The Morgan fingerprint density at radius 1 is 1.44 bits per heavy atom. The number of rotatable bonds is 3. The third-order valence-corrected chi connectivity index (χ3v) is 3.03. The zero-order chi connectivity index (χ0) is 13.3. The van der Waals surface area contributed by atoms with E-state index in [1.165, 1.54) is 0 Å². The van der Waals surface area contributed by atoms with E-state index in [0.717, 1.165) is 10.9 Å². The zero-order valence-electron chi connectivity index (χ0n) is 11.0. The molecule has 0 aliphatic rings. The molecule has 0 saturated heterocycles. The van der Waals surface area contributed by atoms with Crippen molar-refractivity contribution in [3.05, 3.63) is 18.2 Å². The van der Waals surface area contributed by atoms with E-state index in [4.69, 9.17) is 5.73 Å². The van der Waals surface area contributed by atoms with E-state index >= 15 is 0 Å². The Balaban J connectivity index is 2.60. The fraction of sp³-hybridized carbons (Fsp3) is 0.385. The molecule has 0 saturated carbocycles. The van der Waals surface area contributed by atoms with Crippen molar-refractivity contribution < 1.29 is 4.79 Å². The largest absolute Gasteiger partial charge is 0.399 e. The van der Waals surface area contributed by atoms with Gasteiger partial charge in [-0.3, -0.25) is 14.4 Å². The zero-order valence-corrected chi connectivity index (χ0v) is 11.0. The lowest BCUT2D eigenvalue weighted by atomic mass is 10.2. The van der Waals surface area contributed by atoms with Crippen LogP contribution < -0.4 is 10.6 Å². The minimum atomic E-state index is 0.0781. The first kappa shape index (κ1) is 12.4. The number of benzene rings is 1. The SMILES string of the molecule is CCC(=O)N(CC)c1nn(C)c2cc(N)ccc12. The van der Waals surface area contributed by atoms with Gasteiger partial charge in [0.15, 0.2) is 5.82 Å². The predicted octanol–water partition coefficient (Wildman–Crippen LogP) is 1.92. The molecule has 0 aliphatic heterocycles. The summed E-state index contributed by atoms with van der Waals surface area (Å²) in [5, 5.41) is 5.39. The van der Waals surface area contributed by atoms with Crippen molar-refractivity contribution >= 4 is 28.3 Å². The minimum absolute atomic E-state index is 0.0781. The lowest BCUT2D eigenvalue weighted by Gasteiger charge is -2.17. The number of amides is 1. The van der Waals surface area contributed by atoms with Gasteiger partial charge in [-0.1, -0.05) is 6.92 Å². The second kappa shape index (κ2) is 4.68. The van der Waals surface area contributed by atoms with E-state index in [0.29, 0.717) is 24.5 Å². The van der Waals surface area contributed by atoms with Crippen molar-refractivity contribution in [2.45, 2.75) is 20.3 Å². The molecule has 5 nitrogen and oxygen atoms in total. The highest BCUT2D eigenvalue weighted by Crippen LogP contribution is 2.27. The molecule has 0 unspecified atom stereocenters. The number of carbonyl (C=O) groups excluding carboxylic acids is 1. The average Bonchev–Trinajstić information content (AvgIpc) is 2.67. The number of hydrogen-bond donors (Lipinski definition) is 1. The number of carbonyl (C=O) groups is 1. The van der Waals surface area contributed by atoms with Gasteiger partial charge in [-0.15, -0.1) is 0 Å². The van der Waals surface area contributed by atoms with Crippen molar-refractivity contribution in [3.8, 4) is 0 Å². The third-order valence-electron chi connectivity index (χ3n) is 3.03. The van der Waals surface area contributed by atoms with Gasteiger partial charge in [0.1, 0.15) is 0 Å². The molecular formula is C13H18N4O. The summed E-state index contributed by atoms with van der Waals surface area (Å²) in [5.41, 5.74) is 7.41. The molecule has 1 aromatic heterocycles. The van der Waals surface area contributed by atoms with Crippen molar-refractivity contribution in [1.82, 2.24) is 9.78 Å². The monoisotopic (exact) mass is 246 g/mol. The molecule has 0 bridgehead atoms. The van der Waals surface area contributed by atoms with Crippen LogP contribution in [-0.4, -0.2) is 22.2 Å². The summed E-state index contributed by atoms with van der Waals surface area (Å²) in [4.78, 5) is 13.6. The molecule has 0 spiro atoms. The molecular weight excluding hydrogens is 228 g/mol. The quantitative estimate of drug-likeness (QED) is 0.841. The summed E-state index contributed by atoms with van der Waals surface area (Å²) in [7, 11) is 1.86. The van der Waals surface area contributed by atoms with Crippen molar-refractivity contribution in [2.75, 3.05) is 17.2 Å². The van der Waals surface area contributed by atoms with Crippen molar-refractivity contribution in [3.63, 3.8) is 0 Å². The molecule has 0 atom stereocenters. The maximum atomic E-state index is 11.9. The van der Waals surface area contributed by atoms with E-state index in [-0.39, 0.29) is 5.91 Å². The second-order valence-electron chi connectivity index (χ2n) is 4.22. The highest BCUT2D eigenvalue weighted by atomic mass is 16.2. The summed E-state index contributed by atoms with van der Waals surface area (Å²) in [5.74, 6) is 0.788. The Hall–Kier alpha value is -2.04. The molecule has 18 heavy (non-hydrogen) atoms. The smallest absolute Gasteiger partial charge is 0.227 e. The molecule has 96 valence electrons. The van der Waals surface area contributed by atoms with Gasteiger partial charge in [0.2, 0.25) is 5.91 Å². The van der Waals surface area contributed by atoms with E-state index in [1.807, 2.05) is 39.1 Å². The molecule has 1 aromatic carbocycles. The molecule has 2 aromatic rings. The number of aryl methyl sites for hydroxylation is 1. The van der Waals surface area contributed by atoms with Gasteiger partial charge in [-0.05, 0) is 25.1 Å². The van der Waals surface area contributed by atoms with Gasteiger partial charge < -0.3 is 5.73 Å². The number of nitrogen functional groups attached to an aromatic ring is 1. The van der Waals surface area contributed by atoms with Gasteiger partial charge >= 0.3 is 0 Å². The summed E-state index contributed by atoms with van der Waals surface area (Å²) in [6.07, 6.45) is 0.473. The van der Waals surface area contributed by atoms with Crippen LogP contribution in [0.1, 0.15) is 20.3 Å². The number of nitrogens with zero attached hydrogens (tertiary/aromatic N) is 3. The summed E-state index contributed by atoms with van der Waals surface area (Å²) >= 11 is 0. The molecule has 1 amide bonds. The lowest BCUT2D eigenvalue weighted by molar-refractivity contribution is -0.118. The third kappa shape index (κ3) is 1.92. The topological polar surface area (TPSA) is 64.2 Å².